The number of thiophene rings is 1. The summed E-state index contributed by atoms with van der Waals surface area (Å²) in [6.07, 6.45) is 0.942. The van der Waals surface area contributed by atoms with Crippen LogP contribution in [0.1, 0.15) is 23.3 Å². The Morgan fingerprint density at radius 3 is 3.06 bits per heavy atom. The Labute approximate surface area is 107 Å². The van der Waals surface area contributed by atoms with Crippen LogP contribution in [0.25, 0.3) is 10.6 Å². The molecule has 1 fully saturated rings. The molecule has 1 saturated carbocycles. The van der Waals surface area contributed by atoms with Crippen molar-refractivity contribution in [1.29, 1.82) is 0 Å². The van der Waals surface area contributed by atoms with Crippen molar-refractivity contribution in [3.05, 3.63) is 29.3 Å². The first-order valence-corrected chi connectivity index (χ1v) is 6.60. The molecule has 94 valence electrons. The van der Waals surface area contributed by atoms with E-state index in [-0.39, 0.29) is 23.7 Å². The van der Waals surface area contributed by atoms with Gasteiger partial charge in [-0.05, 0) is 24.3 Å². The molecule has 2 N–H and O–H groups in total. The van der Waals surface area contributed by atoms with Crippen LogP contribution in [-0.4, -0.2) is 28.3 Å². The molecule has 0 aromatic carbocycles. The number of aliphatic hydroxyl groups excluding tert-OH is 1. The van der Waals surface area contributed by atoms with Crippen molar-refractivity contribution in [3.63, 3.8) is 0 Å². The van der Waals surface area contributed by atoms with Crippen LogP contribution in [0.3, 0.4) is 0 Å². The molecule has 0 bridgehead atoms. The minimum absolute atomic E-state index is 0.0504. The van der Waals surface area contributed by atoms with E-state index in [1.165, 1.54) is 11.3 Å². The average Bonchev–Trinajstić information content (AvgIpc) is 2.97. The van der Waals surface area contributed by atoms with Gasteiger partial charge in [-0.2, -0.15) is 0 Å². The monoisotopic (exact) mass is 264 g/mol. The fraction of sp³-hybridized carbons (Fsp3) is 0.333. The van der Waals surface area contributed by atoms with E-state index in [0.717, 1.165) is 4.88 Å². The number of aromatic nitrogens is 1. The van der Waals surface area contributed by atoms with Crippen molar-refractivity contribution < 1.29 is 14.4 Å². The van der Waals surface area contributed by atoms with E-state index >= 15 is 0 Å². The number of hydrogen-bond acceptors (Lipinski definition) is 5. The Hall–Kier alpha value is -1.66. The van der Waals surface area contributed by atoms with E-state index in [0.29, 0.717) is 18.6 Å². The van der Waals surface area contributed by atoms with Gasteiger partial charge in [-0.3, -0.25) is 4.79 Å². The lowest BCUT2D eigenvalue weighted by atomic mass is 9.89. The minimum atomic E-state index is -0.283. The zero-order valence-electron chi connectivity index (χ0n) is 9.50. The van der Waals surface area contributed by atoms with Gasteiger partial charge >= 0.3 is 0 Å². The Balaban J connectivity index is 1.67. The first-order chi connectivity index (χ1) is 8.72. The normalized spacial score (nSPS) is 22.5. The maximum Gasteiger partial charge on any atom is 0.273 e. The van der Waals surface area contributed by atoms with Crippen molar-refractivity contribution in [2.24, 2.45) is 0 Å². The third kappa shape index (κ3) is 2.16. The van der Waals surface area contributed by atoms with Crippen molar-refractivity contribution in [2.75, 3.05) is 0 Å². The molecule has 3 rings (SSSR count). The standard InChI is InChI=1S/C12H12N2O3S/c15-8-4-7(5-8)13-12(16)9-6-10(17-14-9)11-2-1-3-18-11/h1-3,6-8,15H,4-5H2,(H,13,16). The van der Waals surface area contributed by atoms with E-state index in [1.807, 2.05) is 17.5 Å². The van der Waals surface area contributed by atoms with Crippen LogP contribution in [0.5, 0.6) is 0 Å². The van der Waals surface area contributed by atoms with Crippen LogP contribution in [0.15, 0.2) is 28.1 Å². The van der Waals surface area contributed by atoms with E-state index in [2.05, 4.69) is 10.5 Å². The summed E-state index contributed by atoms with van der Waals surface area (Å²) in [4.78, 5) is 12.8. The lowest BCUT2D eigenvalue weighted by molar-refractivity contribution is 0.0559. The highest BCUT2D eigenvalue weighted by molar-refractivity contribution is 7.13. The van der Waals surface area contributed by atoms with Crippen molar-refractivity contribution >= 4 is 17.2 Å². The molecule has 18 heavy (non-hydrogen) atoms. The number of carbonyl (C=O) groups excluding carboxylic acids is 1. The summed E-state index contributed by atoms with van der Waals surface area (Å²) < 4.78 is 5.13. The molecule has 2 heterocycles. The van der Waals surface area contributed by atoms with Crippen LogP contribution < -0.4 is 5.32 Å². The van der Waals surface area contributed by atoms with Crippen LogP contribution in [0, 0.1) is 0 Å². The zero-order chi connectivity index (χ0) is 12.5. The lowest BCUT2D eigenvalue weighted by Gasteiger charge is -2.31. The maximum absolute atomic E-state index is 11.8. The largest absolute Gasteiger partial charge is 0.393 e. The summed E-state index contributed by atoms with van der Waals surface area (Å²) in [5.74, 6) is 0.349. The number of aliphatic hydroxyl groups is 1. The summed E-state index contributed by atoms with van der Waals surface area (Å²) >= 11 is 1.53. The molecule has 1 aliphatic rings. The molecule has 0 aliphatic heterocycles. The predicted octanol–water partition coefficient (Wildman–Crippen LogP) is 1.66. The van der Waals surface area contributed by atoms with Gasteiger partial charge in [-0.15, -0.1) is 11.3 Å². The Kier molecular flexibility index (Phi) is 2.89. The van der Waals surface area contributed by atoms with Gasteiger partial charge in [-0.25, -0.2) is 0 Å². The summed E-state index contributed by atoms with van der Waals surface area (Å²) in [5, 5.41) is 17.6. The summed E-state index contributed by atoms with van der Waals surface area (Å²) in [7, 11) is 0. The molecule has 0 unspecified atom stereocenters. The number of nitrogens with zero attached hydrogens (tertiary/aromatic N) is 1. The van der Waals surface area contributed by atoms with Gasteiger partial charge < -0.3 is 14.9 Å². The molecule has 0 radical (unpaired) electrons. The topological polar surface area (TPSA) is 75.4 Å². The second-order valence-electron chi connectivity index (χ2n) is 4.35. The van der Waals surface area contributed by atoms with Crippen molar-refractivity contribution in [3.8, 4) is 10.6 Å². The van der Waals surface area contributed by atoms with Gasteiger partial charge in [0.15, 0.2) is 11.5 Å². The van der Waals surface area contributed by atoms with Crippen molar-refractivity contribution in [2.45, 2.75) is 25.0 Å². The molecule has 6 heteroatoms. The maximum atomic E-state index is 11.8. The SMILES string of the molecule is O=C(NC1CC(O)C1)c1cc(-c2cccs2)on1. The lowest BCUT2D eigenvalue weighted by Crippen LogP contribution is -2.46. The molecule has 2 aromatic rings. The molecule has 5 nitrogen and oxygen atoms in total. The molecule has 1 aliphatic carbocycles. The second kappa shape index (κ2) is 4.55. The summed E-state index contributed by atoms with van der Waals surface area (Å²) in [6.45, 7) is 0. The molecular weight excluding hydrogens is 252 g/mol. The smallest absolute Gasteiger partial charge is 0.273 e. The van der Waals surface area contributed by atoms with Crippen LogP contribution in [0.2, 0.25) is 0 Å². The molecule has 0 spiro atoms. The van der Waals surface area contributed by atoms with Crippen LogP contribution >= 0.6 is 11.3 Å². The Morgan fingerprint density at radius 1 is 1.56 bits per heavy atom. The van der Waals surface area contributed by atoms with E-state index in [4.69, 9.17) is 9.63 Å². The minimum Gasteiger partial charge on any atom is -0.393 e. The highest BCUT2D eigenvalue weighted by Crippen LogP contribution is 2.25. The van der Waals surface area contributed by atoms with Crippen LogP contribution in [0.4, 0.5) is 0 Å². The van der Waals surface area contributed by atoms with Gasteiger partial charge in [0.1, 0.15) is 0 Å². The first-order valence-electron chi connectivity index (χ1n) is 5.72. The number of amides is 1. The molecule has 0 atom stereocenters. The first kappa shape index (κ1) is 11.4. The molecule has 2 aromatic heterocycles. The third-order valence-corrected chi connectivity index (χ3v) is 3.84. The fourth-order valence-electron chi connectivity index (χ4n) is 1.88. The summed E-state index contributed by atoms with van der Waals surface area (Å²) in [5.41, 5.74) is 0.278. The van der Waals surface area contributed by atoms with E-state index in [9.17, 15) is 4.79 Å². The van der Waals surface area contributed by atoms with Gasteiger partial charge in [0, 0.05) is 12.1 Å². The number of rotatable bonds is 3. The number of hydrogen-bond donors (Lipinski definition) is 2. The molecular formula is C12H12N2O3S. The van der Waals surface area contributed by atoms with Gasteiger partial charge in [-0.1, -0.05) is 11.2 Å². The summed E-state index contributed by atoms with van der Waals surface area (Å²) in [6, 6.07) is 5.51. The molecule has 1 amide bonds. The third-order valence-electron chi connectivity index (χ3n) is 2.96. The van der Waals surface area contributed by atoms with Gasteiger partial charge in [0.2, 0.25) is 0 Å². The average molecular weight is 264 g/mol. The Bertz CT molecular complexity index is 543. The second-order valence-corrected chi connectivity index (χ2v) is 5.30. The van der Waals surface area contributed by atoms with Crippen molar-refractivity contribution in [1.82, 2.24) is 10.5 Å². The molecule has 0 saturated heterocycles. The fourth-order valence-corrected chi connectivity index (χ4v) is 2.56. The van der Waals surface area contributed by atoms with Gasteiger partial charge in [0.25, 0.3) is 5.91 Å². The van der Waals surface area contributed by atoms with E-state index < -0.39 is 0 Å². The predicted molar refractivity (Wildman–Crippen MR) is 66.3 cm³/mol. The van der Waals surface area contributed by atoms with E-state index in [1.54, 1.807) is 6.07 Å². The van der Waals surface area contributed by atoms with Gasteiger partial charge in [0.05, 0.1) is 11.0 Å². The number of nitrogens with one attached hydrogen (secondary N) is 1. The quantitative estimate of drug-likeness (QED) is 0.884. The van der Waals surface area contributed by atoms with Crippen LogP contribution in [-0.2, 0) is 0 Å². The highest BCUT2D eigenvalue weighted by Gasteiger charge is 2.29. The Morgan fingerprint density at radius 2 is 2.39 bits per heavy atom. The number of carbonyl (C=O) groups is 1. The zero-order valence-corrected chi connectivity index (χ0v) is 10.3. The highest BCUT2D eigenvalue weighted by atomic mass is 32.1.